The predicted molar refractivity (Wildman–Crippen MR) is 39.2 cm³/mol. The standard InChI is InChI=1S/C5H10F6NP/c1-3-12(4-2)13(9,10,11)5(6,7)8/h3-4H2,1-2H3. The molecule has 0 saturated carbocycles. The van der Waals surface area contributed by atoms with Crippen LogP contribution in [0.3, 0.4) is 0 Å². The number of halogens is 6. The molecule has 0 aromatic rings. The zero-order valence-electron chi connectivity index (χ0n) is 7.08. The Labute approximate surface area is 72.0 Å². The molecular formula is C5H10F6NP. The van der Waals surface area contributed by atoms with Gasteiger partial charge in [-0.05, 0) is 0 Å². The summed E-state index contributed by atoms with van der Waals surface area (Å²) >= 11 is 0. The van der Waals surface area contributed by atoms with E-state index in [4.69, 9.17) is 0 Å². The molecule has 8 heteroatoms. The summed E-state index contributed by atoms with van der Waals surface area (Å²) in [6.45, 7) is 0.763. The third-order valence-electron chi connectivity index (χ3n) is 1.59. The number of hydrogen-bond acceptors (Lipinski definition) is 1. The van der Waals surface area contributed by atoms with Gasteiger partial charge in [0.25, 0.3) is 0 Å². The van der Waals surface area contributed by atoms with Crippen molar-refractivity contribution in [2.45, 2.75) is 19.8 Å². The van der Waals surface area contributed by atoms with Crippen LogP contribution in [0.15, 0.2) is 0 Å². The average molecular weight is 229 g/mol. The van der Waals surface area contributed by atoms with Gasteiger partial charge in [-0.25, -0.2) is 0 Å². The molecule has 0 amide bonds. The Bertz CT molecular complexity index is 178. The van der Waals surface area contributed by atoms with Gasteiger partial charge < -0.3 is 0 Å². The molecular weight excluding hydrogens is 219 g/mol. The van der Waals surface area contributed by atoms with Crippen LogP contribution < -0.4 is 0 Å². The van der Waals surface area contributed by atoms with Crippen LogP contribution in [0.2, 0.25) is 0 Å². The summed E-state index contributed by atoms with van der Waals surface area (Å²) in [5.74, 6) is -6.09. The Morgan fingerprint density at radius 3 is 1.38 bits per heavy atom. The number of alkyl halides is 3. The minimum atomic E-state index is -8.17. The third kappa shape index (κ3) is 2.07. The van der Waals surface area contributed by atoms with Gasteiger partial charge in [-0.15, -0.1) is 0 Å². The van der Waals surface area contributed by atoms with Gasteiger partial charge in [-0.3, -0.25) is 0 Å². The quantitative estimate of drug-likeness (QED) is 0.522. The Hall–Kier alpha value is -0.0300. The summed E-state index contributed by atoms with van der Waals surface area (Å²) < 4.78 is 72.4. The van der Waals surface area contributed by atoms with Gasteiger partial charge in [0, 0.05) is 0 Å². The van der Waals surface area contributed by atoms with Gasteiger partial charge in [0.05, 0.1) is 0 Å². The summed E-state index contributed by atoms with van der Waals surface area (Å²) in [6, 6.07) is 0. The molecule has 1 nitrogen and oxygen atoms in total. The number of rotatable bonds is 3. The van der Waals surface area contributed by atoms with Crippen LogP contribution in [0.4, 0.5) is 25.8 Å². The summed E-state index contributed by atoms with van der Waals surface area (Å²) in [7, 11) is -8.17. The van der Waals surface area contributed by atoms with Crippen LogP contribution >= 0.6 is 7.69 Å². The van der Waals surface area contributed by atoms with E-state index in [1.807, 2.05) is 0 Å². The molecule has 0 atom stereocenters. The molecule has 0 fully saturated rings. The van der Waals surface area contributed by atoms with Crippen LogP contribution in [-0.4, -0.2) is 23.7 Å². The first-order chi connectivity index (χ1) is 5.55. The van der Waals surface area contributed by atoms with Gasteiger partial charge in [-0.1, -0.05) is 0 Å². The third-order valence-corrected chi connectivity index (χ3v) is 3.88. The minimum absolute atomic E-state index is 0.453. The van der Waals surface area contributed by atoms with Crippen LogP contribution in [-0.2, 0) is 0 Å². The molecule has 0 unspecified atom stereocenters. The van der Waals surface area contributed by atoms with E-state index < -0.39 is 31.4 Å². The fraction of sp³-hybridized carbons (Fsp3) is 1.00. The van der Waals surface area contributed by atoms with E-state index in [2.05, 4.69) is 0 Å². The van der Waals surface area contributed by atoms with Gasteiger partial charge in [-0.2, -0.15) is 0 Å². The molecule has 0 heterocycles. The Balaban J connectivity index is 5.08. The first-order valence-corrected chi connectivity index (χ1v) is 5.41. The van der Waals surface area contributed by atoms with Crippen LogP contribution in [0.1, 0.15) is 13.8 Å². The second-order valence-corrected chi connectivity index (χ2v) is 5.00. The predicted octanol–water partition coefficient (Wildman–Crippen LogP) is 3.97. The van der Waals surface area contributed by atoms with Gasteiger partial charge in [0.2, 0.25) is 0 Å². The fourth-order valence-electron chi connectivity index (χ4n) is 0.846. The fourth-order valence-corrected chi connectivity index (χ4v) is 2.09. The van der Waals surface area contributed by atoms with Gasteiger partial charge in [0.15, 0.2) is 0 Å². The van der Waals surface area contributed by atoms with Crippen molar-refractivity contribution in [3.05, 3.63) is 0 Å². The molecule has 0 rings (SSSR count). The zero-order chi connectivity index (χ0) is 10.9. The molecule has 0 radical (unpaired) electrons. The molecule has 13 heavy (non-hydrogen) atoms. The molecule has 0 saturated heterocycles. The normalized spacial score (nSPS) is 17.2. The summed E-state index contributed by atoms with van der Waals surface area (Å²) in [6.07, 6.45) is 0. The van der Waals surface area contributed by atoms with Gasteiger partial charge in [0.1, 0.15) is 0 Å². The van der Waals surface area contributed by atoms with Crippen molar-refractivity contribution >= 4 is 7.69 Å². The molecule has 82 valence electrons. The number of hydrogen-bond donors (Lipinski definition) is 0. The monoisotopic (exact) mass is 229 g/mol. The van der Waals surface area contributed by atoms with Gasteiger partial charge >= 0.3 is 71.0 Å². The molecule has 0 spiro atoms. The van der Waals surface area contributed by atoms with Crippen LogP contribution in [0.5, 0.6) is 0 Å². The van der Waals surface area contributed by atoms with Crippen molar-refractivity contribution in [2.24, 2.45) is 0 Å². The van der Waals surface area contributed by atoms with Crippen molar-refractivity contribution in [1.82, 2.24) is 4.67 Å². The van der Waals surface area contributed by atoms with Crippen molar-refractivity contribution in [3.63, 3.8) is 0 Å². The van der Waals surface area contributed by atoms with E-state index in [0.717, 1.165) is 13.8 Å². The molecule has 0 aliphatic rings. The van der Waals surface area contributed by atoms with Crippen molar-refractivity contribution in [3.8, 4) is 0 Å². The Morgan fingerprint density at radius 2 is 1.31 bits per heavy atom. The van der Waals surface area contributed by atoms with E-state index in [1.165, 1.54) is 0 Å². The van der Waals surface area contributed by atoms with Crippen molar-refractivity contribution in [2.75, 3.05) is 13.1 Å². The average Bonchev–Trinajstić information content (AvgIpc) is 1.84. The van der Waals surface area contributed by atoms with E-state index >= 15 is 0 Å². The zero-order valence-corrected chi connectivity index (χ0v) is 7.97. The summed E-state index contributed by atoms with van der Waals surface area (Å²) in [5.41, 5.74) is 0. The van der Waals surface area contributed by atoms with E-state index in [0.29, 0.717) is 0 Å². The Morgan fingerprint density at radius 1 is 1.00 bits per heavy atom. The maximum absolute atomic E-state index is 12.5. The molecule has 0 bridgehead atoms. The number of nitrogens with zero attached hydrogens (tertiary/aromatic N) is 1. The van der Waals surface area contributed by atoms with E-state index in [1.54, 1.807) is 0 Å². The maximum atomic E-state index is 12.5. The summed E-state index contributed by atoms with van der Waals surface area (Å²) in [4.78, 5) is 0. The SMILES string of the molecule is CCN(CC)P(F)(F)(F)C(F)(F)F. The second kappa shape index (κ2) is 3.28. The van der Waals surface area contributed by atoms with Crippen molar-refractivity contribution < 1.29 is 25.8 Å². The second-order valence-electron chi connectivity index (χ2n) is 2.38. The van der Waals surface area contributed by atoms with Crippen molar-refractivity contribution in [1.29, 1.82) is 0 Å². The van der Waals surface area contributed by atoms with Crippen LogP contribution in [0.25, 0.3) is 0 Å². The molecule has 0 aromatic carbocycles. The molecule has 0 aromatic heterocycles. The van der Waals surface area contributed by atoms with E-state index in [9.17, 15) is 25.8 Å². The first kappa shape index (κ1) is 13.0. The molecule has 0 N–H and O–H groups in total. The molecule has 0 aliphatic carbocycles. The first-order valence-electron chi connectivity index (χ1n) is 3.54. The van der Waals surface area contributed by atoms with E-state index in [-0.39, 0.29) is 0 Å². The topological polar surface area (TPSA) is 3.24 Å². The van der Waals surface area contributed by atoms with Crippen LogP contribution in [0, 0.1) is 0 Å². The Kier molecular flexibility index (Phi) is 3.27. The summed E-state index contributed by atoms with van der Waals surface area (Å²) in [5, 5.41) is 0. The molecule has 0 aliphatic heterocycles.